The van der Waals surface area contributed by atoms with Gasteiger partial charge in [-0.15, -0.1) is 0 Å². The van der Waals surface area contributed by atoms with Crippen molar-refractivity contribution in [3.05, 3.63) is 0 Å². The van der Waals surface area contributed by atoms with E-state index in [0.717, 1.165) is 18.3 Å². The fourth-order valence-corrected chi connectivity index (χ4v) is 2.33. The van der Waals surface area contributed by atoms with E-state index in [0.29, 0.717) is 6.61 Å². The SMILES string of the molecule is CC(CCO)CC1CCCCC1. The molecule has 0 heterocycles. The molecule has 0 radical (unpaired) electrons. The average Bonchev–Trinajstić information content (AvgIpc) is 2.06. The highest BCUT2D eigenvalue weighted by atomic mass is 16.3. The van der Waals surface area contributed by atoms with Crippen LogP contribution in [-0.2, 0) is 0 Å². The van der Waals surface area contributed by atoms with Gasteiger partial charge >= 0.3 is 0 Å². The van der Waals surface area contributed by atoms with Crippen molar-refractivity contribution in [3.8, 4) is 0 Å². The molecule has 1 heteroatoms. The van der Waals surface area contributed by atoms with Crippen molar-refractivity contribution in [1.29, 1.82) is 0 Å². The van der Waals surface area contributed by atoms with Crippen LogP contribution in [0.3, 0.4) is 0 Å². The summed E-state index contributed by atoms with van der Waals surface area (Å²) >= 11 is 0. The molecule has 1 N–H and O–H groups in total. The third kappa shape index (κ3) is 3.57. The second kappa shape index (κ2) is 5.58. The van der Waals surface area contributed by atoms with Crippen molar-refractivity contribution < 1.29 is 5.11 Å². The monoisotopic (exact) mass is 170 g/mol. The van der Waals surface area contributed by atoms with E-state index in [4.69, 9.17) is 5.11 Å². The Hall–Kier alpha value is -0.0400. The Kier molecular flexibility index (Phi) is 4.67. The first-order valence-electron chi connectivity index (χ1n) is 5.43. The van der Waals surface area contributed by atoms with Crippen LogP contribution in [0, 0.1) is 11.8 Å². The Morgan fingerprint density at radius 3 is 2.50 bits per heavy atom. The zero-order chi connectivity index (χ0) is 8.81. The van der Waals surface area contributed by atoms with E-state index < -0.39 is 0 Å². The molecule has 0 aliphatic heterocycles. The Morgan fingerprint density at radius 2 is 1.92 bits per heavy atom. The van der Waals surface area contributed by atoms with Crippen LogP contribution in [0.2, 0.25) is 0 Å². The van der Waals surface area contributed by atoms with Crippen molar-refractivity contribution >= 4 is 0 Å². The lowest BCUT2D eigenvalue weighted by Gasteiger charge is -2.24. The van der Waals surface area contributed by atoms with Crippen molar-refractivity contribution in [3.63, 3.8) is 0 Å². The van der Waals surface area contributed by atoms with Gasteiger partial charge in [-0.1, -0.05) is 39.0 Å². The Labute approximate surface area is 76.2 Å². The molecule has 0 spiro atoms. The third-order valence-corrected chi connectivity index (χ3v) is 3.08. The lowest BCUT2D eigenvalue weighted by atomic mass is 9.82. The normalized spacial score (nSPS) is 22.5. The van der Waals surface area contributed by atoms with Crippen molar-refractivity contribution in [2.24, 2.45) is 11.8 Å². The number of rotatable bonds is 4. The van der Waals surface area contributed by atoms with Gasteiger partial charge in [-0.3, -0.25) is 0 Å². The maximum Gasteiger partial charge on any atom is 0.0433 e. The summed E-state index contributed by atoms with van der Waals surface area (Å²) in [6, 6.07) is 0. The van der Waals surface area contributed by atoms with Crippen LogP contribution >= 0.6 is 0 Å². The van der Waals surface area contributed by atoms with E-state index in [2.05, 4.69) is 6.92 Å². The van der Waals surface area contributed by atoms with E-state index in [1.165, 1.54) is 38.5 Å². The topological polar surface area (TPSA) is 20.2 Å². The van der Waals surface area contributed by atoms with Crippen molar-refractivity contribution in [1.82, 2.24) is 0 Å². The number of aliphatic hydroxyl groups is 1. The van der Waals surface area contributed by atoms with Crippen LogP contribution in [0.15, 0.2) is 0 Å². The van der Waals surface area contributed by atoms with Gasteiger partial charge < -0.3 is 5.11 Å². The minimum Gasteiger partial charge on any atom is -0.396 e. The summed E-state index contributed by atoms with van der Waals surface area (Å²) in [6.07, 6.45) is 9.56. The molecule has 1 aliphatic rings. The Bertz CT molecular complexity index is 106. The maximum absolute atomic E-state index is 8.77. The molecular formula is C11H22O. The molecule has 12 heavy (non-hydrogen) atoms. The molecule has 0 aromatic heterocycles. The predicted molar refractivity (Wildman–Crippen MR) is 52.1 cm³/mol. The largest absolute Gasteiger partial charge is 0.396 e. The second-order valence-corrected chi connectivity index (χ2v) is 4.36. The standard InChI is InChI=1S/C11H22O/c1-10(7-8-12)9-11-5-3-2-4-6-11/h10-12H,2-9H2,1H3. The van der Waals surface area contributed by atoms with E-state index in [1.807, 2.05) is 0 Å². The third-order valence-electron chi connectivity index (χ3n) is 3.08. The summed E-state index contributed by atoms with van der Waals surface area (Å²) in [6.45, 7) is 2.64. The summed E-state index contributed by atoms with van der Waals surface area (Å²) < 4.78 is 0. The summed E-state index contributed by atoms with van der Waals surface area (Å²) in [5.41, 5.74) is 0. The lowest BCUT2D eigenvalue weighted by molar-refractivity contribution is 0.230. The lowest BCUT2D eigenvalue weighted by Crippen LogP contribution is -2.11. The van der Waals surface area contributed by atoms with E-state index in [-0.39, 0.29) is 0 Å². The molecule has 1 unspecified atom stereocenters. The number of hydrogen-bond acceptors (Lipinski definition) is 1. The summed E-state index contributed by atoms with van der Waals surface area (Å²) in [5, 5.41) is 8.77. The molecule has 1 saturated carbocycles. The second-order valence-electron chi connectivity index (χ2n) is 4.36. The Morgan fingerprint density at radius 1 is 1.25 bits per heavy atom. The van der Waals surface area contributed by atoms with Crippen LogP contribution in [0.4, 0.5) is 0 Å². The molecule has 0 aromatic carbocycles. The van der Waals surface area contributed by atoms with E-state index in [9.17, 15) is 0 Å². The van der Waals surface area contributed by atoms with Gasteiger partial charge in [0.1, 0.15) is 0 Å². The average molecular weight is 170 g/mol. The molecule has 0 bridgehead atoms. The Balaban J connectivity index is 2.11. The highest BCUT2D eigenvalue weighted by Gasteiger charge is 2.15. The van der Waals surface area contributed by atoms with Crippen molar-refractivity contribution in [2.75, 3.05) is 6.61 Å². The van der Waals surface area contributed by atoms with Crippen LogP contribution in [0.1, 0.15) is 51.9 Å². The van der Waals surface area contributed by atoms with Gasteiger partial charge in [0.2, 0.25) is 0 Å². The van der Waals surface area contributed by atoms with Gasteiger partial charge in [0, 0.05) is 6.61 Å². The van der Waals surface area contributed by atoms with Crippen LogP contribution in [0.5, 0.6) is 0 Å². The van der Waals surface area contributed by atoms with Crippen LogP contribution in [0.25, 0.3) is 0 Å². The maximum atomic E-state index is 8.77. The van der Waals surface area contributed by atoms with Gasteiger partial charge in [0.25, 0.3) is 0 Å². The molecule has 1 nitrogen and oxygen atoms in total. The molecule has 0 amide bonds. The molecular weight excluding hydrogens is 148 g/mol. The minimum atomic E-state index is 0.369. The van der Waals surface area contributed by atoms with Crippen LogP contribution in [-0.4, -0.2) is 11.7 Å². The minimum absolute atomic E-state index is 0.369. The first kappa shape index (κ1) is 10.0. The van der Waals surface area contributed by atoms with Gasteiger partial charge in [0.15, 0.2) is 0 Å². The highest BCUT2D eigenvalue weighted by Crippen LogP contribution is 2.29. The van der Waals surface area contributed by atoms with Crippen LogP contribution < -0.4 is 0 Å². The van der Waals surface area contributed by atoms with Crippen molar-refractivity contribution in [2.45, 2.75) is 51.9 Å². The fourth-order valence-electron chi connectivity index (χ4n) is 2.33. The highest BCUT2D eigenvalue weighted by molar-refractivity contribution is 4.68. The summed E-state index contributed by atoms with van der Waals surface area (Å²) in [7, 11) is 0. The van der Waals surface area contributed by atoms with Gasteiger partial charge in [-0.2, -0.15) is 0 Å². The first-order valence-corrected chi connectivity index (χ1v) is 5.43. The molecule has 1 atom stereocenters. The zero-order valence-corrected chi connectivity index (χ0v) is 8.26. The van der Waals surface area contributed by atoms with Gasteiger partial charge in [-0.25, -0.2) is 0 Å². The summed E-state index contributed by atoms with van der Waals surface area (Å²) in [4.78, 5) is 0. The van der Waals surface area contributed by atoms with Gasteiger partial charge in [0.05, 0.1) is 0 Å². The first-order chi connectivity index (χ1) is 5.83. The molecule has 0 saturated heterocycles. The number of aliphatic hydroxyl groups excluding tert-OH is 1. The molecule has 1 aliphatic carbocycles. The number of hydrogen-bond donors (Lipinski definition) is 1. The summed E-state index contributed by atoms with van der Waals surface area (Å²) in [5.74, 6) is 1.71. The zero-order valence-electron chi connectivity index (χ0n) is 8.26. The fraction of sp³-hybridized carbons (Fsp3) is 1.00. The quantitative estimate of drug-likeness (QED) is 0.687. The van der Waals surface area contributed by atoms with Gasteiger partial charge in [-0.05, 0) is 24.7 Å². The predicted octanol–water partition coefficient (Wildman–Crippen LogP) is 2.98. The van der Waals surface area contributed by atoms with E-state index >= 15 is 0 Å². The van der Waals surface area contributed by atoms with E-state index in [1.54, 1.807) is 0 Å². The molecule has 72 valence electrons. The molecule has 1 rings (SSSR count). The molecule has 0 aromatic rings. The smallest absolute Gasteiger partial charge is 0.0433 e. The molecule has 1 fully saturated rings.